The Hall–Kier alpha value is -2.47. The zero-order chi connectivity index (χ0) is 13.5. The second-order valence-corrected chi connectivity index (χ2v) is 5.38. The lowest BCUT2D eigenvalue weighted by molar-refractivity contribution is 0.461. The first-order valence-electron chi connectivity index (χ1n) is 6.03. The van der Waals surface area contributed by atoms with Gasteiger partial charge in [0.05, 0.1) is 16.6 Å². The van der Waals surface area contributed by atoms with Crippen molar-refractivity contribution in [1.29, 1.82) is 0 Å². The van der Waals surface area contributed by atoms with Crippen LogP contribution < -0.4 is 0 Å². The molecule has 0 bridgehead atoms. The smallest absolute Gasteiger partial charge is 0.199 e. The van der Waals surface area contributed by atoms with Gasteiger partial charge in [0.2, 0.25) is 0 Å². The van der Waals surface area contributed by atoms with E-state index >= 15 is 0 Å². The number of hydrogen-bond acceptors (Lipinski definition) is 6. The van der Waals surface area contributed by atoms with Gasteiger partial charge in [0.15, 0.2) is 17.7 Å². The van der Waals surface area contributed by atoms with E-state index in [0.29, 0.717) is 17.5 Å². The Labute approximate surface area is 117 Å². The number of fused-ring (bicyclic) bond motifs is 2. The summed E-state index contributed by atoms with van der Waals surface area (Å²) in [5.41, 5.74) is 2.83. The Bertz CT molecular complexity index is 913. The quantitative estimate of drug-likeness (QED) is 0.612. The van der Waals surface area contributed by atoms with Crippen LogP contribution in [0.1, 0.15) is 11.3 Å². The standard InChI is InChI=1S/C14H9N3O2S/c18-11-5-16-10(13-14(11)19-7-17-13)3-8-4-15-6-12-9(8)1-2-20-12/h1-2,4-7,18H,3H2. The molecular formula is C14H9N3O2S. The molecule has 0 atom stereocenters. The number of aromatic nitrogens is 3. The summed E-state index contributed by atoms with van der Waals surface area (Å²) in [6.07, 6.45) is 7.02. The van der Waals surface area contributed by atoms with Crippen molar-refractivity contribution in [2.75, 3.05) is 0 Å². The number of oxazole rings is 1. The van der Waals surface area contributed by atoms with Crippen LogP contribution in [0.25, 0.3) is 21.2 Å². The highest BCUT2D eigenvalue weighted by molar-refractivity contribution is 7.17. The van der Waals surface area contributed by atoms with Gasteiger partial charge in [-0.25, -0.2) is 4.98 Å². The van der Waals surface area contributed by atoms with E-state index in [4.69, 9.17) is 4.42 Å². The van der Waals surface area contributed by atoms with Crippen molar-refractivity contribution < 1.29 is 9.52 Å². The number of hydrogen-bond donors (Lipinski definition) is 1. The molecule has 0 radical (unpaired) electrons. The van der Waals surface area contributed by atoms with Crippen molar-refractivity contribution in [2.45, 2.75) is 6.42 Å². The van der Waals surface area contributed by atoms with Crippen molar-refractivity contribution in [3.8, 4) is 5.75 Å². The van der Waals surface area contributed by atoms with Gasteiger partial charge in [-0.15, -0.1) is 11.3 Å². The molecule has 0 saturated carbocycles. The second kappa shape index (κ2) is 4.28. The highest BCUT2D eigenvalue weighted by atomic mass is 32.1. The van der Waals surface area contributed by atoms with E-state index in [1.165, 1.54) is 18.0 Å². The molecule has 0 aliphatic rings. The van der Waals surface area contributed by atoms with E-state index in [-0.39, 0.29) is 5.75 Å². The van der Waals surface area contributed by atoms with Gasteiger partial charge in [-0.2, -0.15) is 0 Å². The lowest BCUT2D eigenvalue weighted by Gasteiger charge is -2.03. The highest BCUT2D eigenvalue weighted by Crippen LogP contribution is 2.28. The Morgan fingerprint density at radius 1 is 1.20 bits per heavy atom. The topological polar surface area (TPSA) is 72.0 Å². The summed E-state index contributed by atoms with van der Waals surface area (Å²) in [5, 5.41) is 12.9. The van der Waals surface area contributed by atoms with Crippen molar-refractivity contribution in [3.63, 3.8) is 0 Å². The van der Waals surface area contributed by atoms with Crippen molar-refractivity contribution in [1.82, 2.24) is 15.0 Å². The molecule has 6 heteroatoms. The molecule has 4 rings (SSSR count). The number of aromatic hydroxyl groups is 1. The third-order valence-corrected chi connectivity index (χ3v) is 4.09. The molecule has 0 aliphatic carbocycles. The Balaban J connectivity index is 1.87. The monoisotopic (exact) mass is 283 g/mol. The Morgan fingerprint density at radius 2 is 2.15 bits per heavy atom. The summed E-state index contributed by atoms with van der Waals surface area (Å²) >= 11 is 1.66. The molecule has 5 nitrogen and oxygen atoms in total. The average Bonchev–Trinajstić information content (AvgIpc) is 3.10. The summed E-state index contributed by atoms with van der Waals surface area (Å²) in [5.74, 6) is 0.00752. The first kappa shape index (κ1) is 11.4. The maximum atomic E-state index is 9.68. The summed E-state index contributed by atoms with van der Waals surface area (Å²) in [7, 11) is 0. The van der Waals surface area contributed by atoms with Gasteiger partial charge in [-0.05, 0) is 22.4 Å². The molecule has 98 valence electrons. The van der Waals surface area contributed by atoms with Gasteiger partial charge in [0.25, 0.3) is 0 Å². The van der Waals surface area contributed by atoms with Gasteiger partial charge in [-0.1, -0.05) is 0 Å². The molecule has 20 heavy (non-hydrogen) atoms. The fourth-order valence-electron chi connectivity index (χ4n) is 2.29. The highest BCUT2D eigenvalue weighted by Gasteiger charge is 2.13. The molecule has 4 aromatic heterocycles. The number of nitrogens with zero attached hydrogens (tertiary/aromatic N) is 3. The fraction of sp³-hybridized carbons (Fsp3) is 0.0714. The molecular weight excluding hydrogens is 274 g/mol. The minimum Gasteiger partial charge on any atom is -0.503 e. The zero-order valence-corrected chi connectivity index (χ0v) is 11.1. The van der Waals surface area contributed by atoms with Crippen LogP contribution in [0.15, 0.2) is 40.8 Å². The lowest BCUT2D eigenvalue weighted by Crippen LogP contribution is -1.95. The van der Waals surface area contributed by atoms with Gasteiger partial charge in [0, 0.05) is 18.8 Å². The van der Waals surface area contributed by atoms with Crippen molar-refractivity contribution >= 4 is 32.5 Å². The van der Waals surface area contributed by atoms with E-state index in [2.05, 4.69) is 21.0 Å². The predicted molar refractivity (Wildman–Crippen MR) is 75.9 cm³/mol. The van der Waals surface area contributed by atoms with Crippen LogP contribution in [0.5, 0.6) is 5.75 Å². The molecule has 4 aromatic rings. The number of rotatable bonds is 2. The van der Waals surface area contributed by atoms with E-state index in [0.717, 1.165) is 16.0 Å². The Morgan fingerprint density at radius 3 is 3.10 bits per heavy atom. The summed E-state index contributed by atoms with van der Waals surface area (Å²) in [6.45, 7) is 0. The zero-order valence-electron chi connectivity index (χ0n) is 10.3. The van der Waals surface area contributed by atoms with Crippen molar-refractivity contribution in [2.24, 2.45) is 0 Å². The molecule has 4 heterocycles. The third kappa shape index (κ3) is 1.65. The van der Waals surface area contributed by atoms with Gasteiger partial charge >= 0.3 is 0 Å². The van der Waals surface area contributed by atoms with Crippen LogP contribution in [-0.4, -0.2) is 20.1 Å². The van der Waals surface area contributed by atoms with Crippen LogP contribution in [0, 0.1) is 0 Å². The third-order valence-electron chi connectivity index (χ3n) is 3.24. The van der Waals surface area contributed by atoms with Crippen LogP contribution in [0.3, 0.4) is 0 Å². The van der Waals surface area contributed by atoms with Crippen LogP contribution in [0.2, 0.25) is 0 Å². The minimum atomic E-state index is 0.00752. The average molecular weight is 283 g/mol. The van der Waals surface area contributed by atoms with Crippen LogP contribution in [0.4, 0.5) is 0 Å². The number of pyridine rings is 2. The van der Waals surface area contributed by atoms with E-state index in [9.17, 15) is 5.11 Å². The summed E-state index contributed by atoms with van der Waals surface area (Å²) in [4.78, 5) is 12.7. The SMILES string of the molecule is Oc1cnc(Cc2cncc3sccc23)c2ncoc12. The first-order chi connectivity index (χ1) is 9.83. The number of thiophene rings is 1. The van der Waals surface area contributed by atoms with Crippen LogP contribution >= 0.6 is 11.3 Å². The second-order valence-electron chi connectivity index (χ2n) is 4.43. The molecule has 0 saturated heterocycles. The largest absolute Gasteiger partial charge is 0.503 e. The van der Waals surface area contributed by atoms with E-state index in [1.54, 1.807) is 11.3 Å². The molecule has 0 aliphatic heterocycles. The van der Waals surface area contributed by atoms with Gasteiger partial charge in [0.1, 0.15) is 5.52 Å². The molecule has 0 unspecified atom stereocenters. The fourth-order valence-corrected chi connectivity index (χ4v) is 3.09. The molecule has 0 aromatic carbocycles. The molecule has 0 fully saturated rings. The minimum absolute atomic E-state index is 0.00752. The van der Waals surface area contributed by atoms with Crippen molar-refractivity contribution in [3.05, 3.63) is 47.7 Å². The van der Waals surface area contributed by atoms with Gasteiger partial charge in [-0.3, -0.25) is 9.97 Å². The summed E-state index contributed by atoms with van der Waals surface area (Å²) in [6, 6.07) is 2.08. The first-order valence-corrected chi connectivity index (χ1v) is 6.91. The van der Waals surface area contributed by atoms with Crippen LogP contribution in [-0.2, 0) is 6.42 Å². The molecule has 0 spiro atoms. The van der Waals surface area contributed by atoms with E-state index in [1.807, 2.05) is 17.8 Å². The maximum absolute atomic E-state index is 9.68. The molecule has 1 N–H and O–H groups in total. The van der Waals surface area contributed by atoms with Gasteiger partial charge < -0.3 is 9.52 Å². The maximum Gasteiger partial charge on any atom is 0.199 e. The predicted octanol–water partition coefficient (Wildman–Crippen LogP) is 3.13. The van der Waals surface area contributed by atoms with E-state index < -0.39 is 0 Å². The summed E-state index contributed by atoms with van der Waals surface area (Å²) < 4.78 is 6.34. The lowest BCUT2D eigenvalue weighted by atomic mass is 10.1. The Kier molecular flexibility index (Phi) is 2.43. The normalized spacial score (nSPS) is 11.4. The molecule has 0 amide bonds.